The highest BCUT2D eigenvalue weighted by atomic mass is 32.1. The molecular weight excluding hydrogens is 428 g/mol. The zero-order valence-corrected chi connectivity index (χ0v) is 19.4. The van der Waals surface area contributed by atoms with E-state index < -0.39 is 0 Å². The molecule has 0 saturated carbocycles. The van der Waals surface area contributed by atoms with Gasteiger partial charge in [0.2, 0.25) is 5.91 Å². The lowest BCUT2D eigenvalue weighted by Gasteiger charge is -2.32. The van der Waals surface area contributed by atoms with Crippen LogP contribution in [-0.2, 0) is 16.1 Å². The molecule has 3 aromatic rings. The Morgan fingerprint density at radius 1 is 1.19 bits per heavy atom. The fourth-order valence-corrected chi connectivity index (χ4v) is 4.43. The van der Waals surface area contributed by atoms with Crippen molar-refractivity contribution in [3.63, 3.8) is 0 Å². The van der Waals surface area contributed by atoms with Gasteiger partial charge in [0.15, 0.2) is 0 Å². The van der Waals surface area contributed by atoms with Crippen molar-refractivity contribution in [3.05, 3.63) is 46.7 Å². The van der Waals surface area contributed by atoms with Gasteiger partial charge in [0.05, 0.1) is 22.0 Å². The van der Waals surface area contributed by atoms with Crippen molar-refractivity contribution in [1.29, 1.82) is 0 Å². The number of likely N-dealkylation sites (tertiary alicyclic amines) is 1. The third-order valence-corrected chi connectivity index (χ3v) is 6.29. The lowest BCUT2D eigenvalue weighted by Crippen LogP contribution is -2.41. The van der Waals surface area contributed by atoms with Crippen molar-refractivity contribution < 1.29 is 14.3 Å². The largest absolute Gasteiger partial charge is 0.487 e. The van der Waals surface area contributed by atoms with Gasteiger partial charge in [-0.1, -0.05) is 0 Å². The molecule has 170 valence electrons. The summed E-state index contributed by atoms with van der Waals surface area (Å²) in [6.45, 7) is 7.93. The van der Waals surface area contributed by atoms with Crippen LogP contribution in [0.4, 0.5) is 0 Å². The maximum atomic E-state index is 12.4. The molecule has 2 aromatic heterocycles. The number of hydrogen-bond donors (Lipinski definition) is 0. The predicted octanol–water partition coefficient (Wildman–Crippen LogP) is 3.22. The van der Waals surface area contributed by atoms with Crippen LogP contribution in [0.3, 0.4) is 0 Å². The number of hydrogen-bond acceptors (Lipinski definition) is 8. The predicted molar refractivity (Wildman–Crippen MR) is 120 cm³/mol. The standard InChI is InChI=1S/C22H28N6O3S/c1-22(2,3)31-13-20(29)27-10-8-16(9-11-27)21-24-17(14-32-21)12-30-19-6-4-18(5-7-19)28-15-23-25-26-28/h4-7,14-16H,8-13H2,1-3H3. The van der Waals surface area contributed by atoms with Gasteiger partial charge in [0.25, 0.3) is 0 Å². The van der Waals surface area contributed by atoms with E-state index in [1.165, 1.54) is 0 Å². The van der Waals surface area contributed by atoms with Crippen LogP contribution in [-0.4, -0.2) is 61.3 Å². The average molecular weight is 457 g/mol. The number of aromatic nitrogens is 5. The molecule has 9 nitrogen and oxygen atoms in total. The van der Waals surface area contributed by atoms with Crippen LogP contribution in [0.1, 0.15) is 50.2 Å². The van der Waals surface area contributed by atoms with Crippen molar-refractivity contribution in [3.8, 4) is 11.4 Å². The topological polar surface area (TPSA) is 95.3 Å². The second-order valence-electron chi connectivity index (χ2n) is 8.77. The summed E-state index contributed by atoms with van der Waals surface area (Å²) in [4.78, 5) is 19.0. The van der Waals surface area contributed by atoms with E-state index in [2.05, 4.69) is 20.9 Å². The van der Waals surface area contributed by atoms with Crippen molar-refractivity contribution in [2.45, 2.75) is 51.7 Å². The van der Waals surface area contributed by atoms with E-state index in [0.717, 1.165) is 48.1 Å². The second kappa shape index (κ2) is 9.74. The van der Waals surface area contributed by atoms with Crippen LogP contribution in [0.25, 0.3) is 5.69 Å². The summed E-state index contributed by atoms with van der Waals surface area (Å²) in [6.07, 6.45) is 3.40. The van der Waals surface area contributed by atoms with Crippen LogP contribution in [0.5, 0.6) is 5.75 Å². The summed E-state index contributed by atoms with van der Waals surface area (Å²) in [5.74, 6) is 1.22. The smallest absolute Gasteiger partial charge is 0.248 e. The highest BCUT2D eigenvalue weighted by molar-refractivity contribution is 7.09. The molecule has 1 aromatic carbocycles. The van der Waals surface area contributed by atoms with Crippen LogP contribution >= 0.6 is 11.3 Å². The Morgan fingerprint density at radius 3 is 2.59 bits per heavy atom. The van der Waals surface area contributed by atoms with Crippen LogP contribution < -0.4 is 4.74 Å². The van der Waals surface area contributed by atoms with Gasteiger partial charge < -0.3 is 14.4 Å². The zero-order valence-electron chi connectivity index (χ0n) is 18.6. The molecule has 3 heterocycles. The SMILES string of the molecule is CC(C)(C)OCC(=O)N1CCC(c2nc(COc3ccc(-n4cnnn4)cc3)cs2)CC1. The van der Waals surface area contributed by atoms with Gasteiger partial charge in [0, 0.05) is 24.4 Å². The van der Waals surface area contributed by atoms with Gasteiger partial charge in [0.1, 0.15) is 25.3 Å². The highest BCUT2D eigenvalue weighted by Crippen LogP contribution is 2.30. The fraction of sp³-hybridized carbons (Fsp3) is 0.500. The first-order valence-corrected chi connectivity index (χ1v) is 11.6. The van der Waals surface area contributed by atoms with Gasteiger partial charge in [-0.2, -0.15) is 0 Å². The molecule has 0 N–H and O–H groups in total. The molecule has 0 radical (unpaired) electrons. The average Bonchev–Trinajstić information content (AvgIpc) is 3.48. The van der Waals surface area contributed by atoms with Crippen molar-refractivity contribution >= 4 is 17.2 Å². The lowest BCUT2D eigenvalue weighted by atomic mass is 9.97. The summed E-state index contributed by atoms with van der Waals surface area (Å²) in [7, 11) is 0. The Hall–Kier alpha value is -2.85. The van der Waals surface area contributed by atoms with E-state index in [9.17, 15) is 4.79 Å². The summed E-state index contributed by atoms with van der Waals surface area (Å²) in [5, 5.41) is 14.3. The van der Waals surface area contributed by atoms with E-state index in [0.29, 0.717) is 12.5 Å². The molecule has 1 saturated heterocycles. The van der Waals surface area contributed by atoms with Crippen LogP contribution in [0.15, 0.2) is 36.0 Å². The van der Waals surface area contributed by atoms with Gasteiger partial charge >= 0.3 is 0 Å². The minimum atomic E-state index is -0.301. The van der Waals surface area contributed by atoms with E-state index in [1.807, 2.05) is 49.9 Å². The molecule has 1 amide bonds. The number of carbonyl (C=O) groups is 1. The number of benzene rings is 1. The van der Waals surface area contributed by atoms with Gasteiger partial charge in [-0.15, -0.1) is 16.4 Å². The Kier molecular flexibility index (Phi) is 6.80. The summed E-state index contributed by atoms with van der Waals surface area (Å²) in [6, 6.07) is 7.58. The maximum absolute atomic E-state index is 12.4. The number of carbonyl (C=O) groups excluding carboxylic acids is 1. The van der Waals surface area contributed by atoms with Crippen molar-refractivity contribution in [2.24, 2.45) is 0 Å². The summed E-state index contributed by atoms with van der Waals surface area (Å²) in [5.41, 5.74) is 1.49. The number of thiazole rings is 1. The number of rotatable bonds is 7. The minimum absolute atomic E-state index is 0.0673. The quantitative estimate of drug-likeness (QED) is 0.539. The molecule has 0 aliphatic carbocycles. The van der Waals surface area contributed by atoms with E-state index >= 15 is 0 Å². The number of tetrazole rings is 1. The third-order valence-electron chi connectivity index (χ3n) is 5.23. The Bertz CT molecular complexity index is 1010. The van der Waals surface area contributed by atoms with E-state index in [4.69, 9.17) is 14.5 Å². The Balaban J connectivity index is 1.24. The Labute approximate surface area is 191 Å². The van der Waals surface area contributed by atoms with Crippen LogP contribution in [0.2, 0.25) is 0 Å². The molecule has 1 aliphatic heterocycles. The van der Waals surface area contributed by atoms with E-state index in [1.54, 1.807) is 22.3 Å². The summed E-state index contributed by atoms with van der Waals surface area (Å²) >= 11 is 1.67. The second-order valence-corrected chi connectivity index (χ2v) is 9.66. The van der Waals surface area contributed by atoms with Gasteiger partial charge in [-0.05, 0) is 68.3 Å². The number of ether oxygens (including phenoxy) is 2. The zero-order chi connectivity index (χ0) is 22.6. The molecule has 1 fully saturated rings. The minimum Gasteiger partial charge on any atom is -0.487 e. The highest BCUT2D eigenvalue weighted by Gasteiger charge is 2.26. The molecular formula is C22H28N6O3S. The van der Waals surface area contributed by atoms with E-state index in [-0.39, 0.29) is 18.1 Å². The van der Waals surface area contributed by atoms with Crippen LogP contribution in [0, 0.1) is 0 Å². The third kappa shape index (κ3) is 5.89. The first-order valence-electron chi connectivity index (χ1n) is 10.7. The molecule has 4 rings (SSSR count). The monoisotopic (exact) mass is 456 g/mol. The molecule has 10 heteroatoms. The number of amides is 1. The molecule has 1 aliphatic rings. The number of nitrogens with zero attached hydrogens (tertiary/aromatic N) is 6. The maximum Gasteiger partial charge on any atom is 0.248 e. The van der Waals surface area contributed by atoms with Gasteiger partial charge in [-0.25, -0.2) is 9.67 Å². The van der Waals surface area contributed by atoms with Crippen molar-refractivity contribution in [2.75, 3.05) is 19.7 Å². The number of piperidine rings is 1. The fourth-order valence-electron chi connectivity index (χ4n) is 3.45. The summed E-state index contributed by atoms with van der Waals surface area (Å²) < 4.78 is 13.1. The lowest BCUT2D eigenvalue weighted by molar-refractivity contribution is -0.142. The molecule has 0 spiro atoms. The molecule has 0 unspecified atom stereocenters. The normalized spacial score (nSPS) is 15.2. The Morgan fingerprint density at radius 2 is 1.94 bits per heavy atom. The first kappa shape index (κ1) is 22.3. The first-order chi connectivity index (χ1) is 15.4. The van der Waals surface area contributed by atoms with Crippen molar-refractivity contribution in [1.82, 2.24) is 30.1 Å². The molecule has 0 atom stereocenters. The molecule has 32 heavy (non-hydrogen) atoms. The molecule has 0 bridgehead atoms. The van der Waals surface area contributed by atoms with Gasteiger partial charge in [-0.3, -0.25) is 4.79 Å².